The van der Waals surface area contributed by atoms with Crippen LogP contribution in [-0.2, 0) is 11.4 Å². The largest absolute Gasteiger partial charge is 0.489 e. The number of anilines is 1. The summed E-state index contributed by atoms with van der Waals surface area (Å²) in [4.78, 5) is 17.3. The standard InChI is InChI=1S/C26H20N4O2S/c31-24-14-20(18-10-12-19(13-11-18)32-16-17-6-2-1-3-7-17)21-15-27-30(25(21)29-24)26-28-22-8-4-5-9-23(22)33-26/h1-13,15,20H,14,16H2,(H,29,31)/t20-/m1/s1. The first-order valence-electron chi connectivity index (χ1n) is 10.7. The highest BCUT2D eigenvalue weighted by atomic mass is 32.1. The molecule has 1 aliphatic heterocycles. The third kappa shape index (κ3) is 3.76. The smallest absolute Gasteiger partial charge is 0.226 e. The topological polar surface area (TPSA) is 69.0 Å². The number of thiazole rings is 1. The van der Waals surface area contributed by atoms with E-state index in [0.717, 1.165) is 37.8 Å². The molecule has 1 atom stereocenters. The summed E-state index contributed by atoms with van der Waals surface area (Å²) in [5, 5.41) is 8.32. The molecule has 1 amide bonds. The molecule has 0 saturated carbocycles. The lowest BCUT2D eigenvalue weighted by Crippen LogP contribution is -2.24. The molecule has 3 aromatic carbocycles. The predicted molar refractivity (Wildman–Crippen MR) is 129 cm³/mol. The maximum absolute atomic E-state index is 12.6. The van der Waals surface area contributed by atoms with Crippen molar-refractivity contribution in [2.75, 3.05) is 5.32 Å². The Morgan fingerprint density at radius 1 is 1.00 bits per heavy atom. The number of nitrogens with one attached hydrogen (secondary N) is 1. The highest BCUT2D eigenvalue weighted by Gasteiger charge is 2.31. The van der Waals surface area contributed by atoms with Crippen LogP contribution in [0.4, 0.5) is 5.82 Å². The van der Waals surface area contributed by atoms with Crippen LogP contribution in [-0.4, -0.2) is 20.7 Å². The number of hydrogen-bond acceptors (Lipinski definition) is 5. The second-order valence-electron chi connectivity index (χ2n) is 7.97. The number of aromatic nitrogens is 3. The first kappa shape index (κ1) is 19.7. The van der Waals surface area contributed by atoms with Gasteiger partial charge in [0.05, 0.1) is 16.4 Å². The molecule has 0 spiro atoms. The molecule has 6 nitrogen and oxygen atoms in total. The molecule has 0 radical (unpaired) electrons. The number of rotatable bonds is 5. The van der Waals surface area contributed by atoms with Gasteiger partial charge >= 0.3 is 0 Å². The van der Waals surface area contributed by atoms with Gasteiger partial charge in [-0.3, -0.25) is 4.79 Å². The lowest BCUT2D eigenvalue weighted by atomic mass is 9.87. The van der Waals surface area contributed by atoms with E-state index in [1.807, 2.05) is 85.1 Å². The number of hydrogen-bond donors (Lipinski definition) is 1. The fourth-order valence-electron chi connectivity index (χ4n) is 4.15. The molecule has 5 aromatic rings. The summed E-state index contributed by atoms with van der Waals surface area (Å²) in [5.74, 6) is 1.40. The minimum absolute atomic E-state index is 0.0280. The van der Waals surface area contributed by atoms with Crippen LogP contribution in [0.25, 0.3) is 15.3 Å². The van der Waals surface area contributed by atoms with E-state index >= 15 is 0 Å². The number of benzene rings is 3. The normalized spacial score (nSPS) is 15.3. The average Bonchev–Trinajstić information content (AvgIpc) is 3.47. The summed E-state index contributed by atoms with van der Waals surface area (Å²) in [6.45, 7) is 0.519. The molecule has 1 aliphatic rings. The lowest BCUT2D eigenvalue weighted by molar-refractivity contribution is -0.116. The Balaban J connectivity index is 1.28. The van der Waals surface area contributed by atoms with Gasteiger partial charge in [0.2, 0.25) is 11.0 Å². The molecule has 0 aliphatic carbocycles. The average molecular weight is 453 g/mol. The molecule has 2 aromatic heterocycles. The molecule has 0 unspecified atom stereocenters. The van der Waals surface area contributed by atoms with Crippen molar-refractivity contribution in [3.8, 4) is 10.9 Å². The van der Waals surface area contributed by atoms with Gasteiger partial charge in [0.25, 0.3) is 0 Å². The fraction of sp³-hybridized carbons (Fsp3) is 0.115. The summed E-state index contributed by atoms with van der Waals surface area (Å²) >= 11 is 1.55. The molecule has 0 bridgehead atoms. The minimum atomic E-state index is -0.0694. The summed E-state index contributed by atoms with van der Waals surface area (Å²) in [6, 6.07) is 26.0. The van der Waals surface area contributed by atoms with Crippen LogP contribution in [0.5, 0.6) is 5.75 Å². The summed E-state index contributed by atoms with van der Waals surface area (Å²) in [6.07, 6.45) is 2.22. The van der Waals surface area contributed by atoms with E-state index in [4.69, 9.17) is 9.72 Å². The minimum Gasteiger partial charge on any atom is -0.489 e. The van der Waals surface area contributed by atoms with Gasteiger partial charge in [0.15, 0.2) is 0 Å². The highest BCUT2D eigenvalue weighted by molar-refractivity contribution is 7.20. The van der Waals surface area contributed by atoms with E-state index in [9.17, 15) is 4.79 Å². The van der Waals surface area contributed by atoms with Crippen LogP contribution in [0.3, 0.4) is 0 Å². The molecular formula is C26H20N4O2S. The quantitative estimate of drug-likeness (QED) is 0.380. The number of ether oxygens (including phenoxy) is 1. The van der Waals surface area contributed by atoms with E-state index in [0.29, 0.717) is 18.8 Å². The molecule has 1 N–H and O–H groups in total. The van der Waals surface area contributed by atoms with E-state index in [1.165, 1.54) is 0 Å². The van der Waals surface area contributed by atoms with E-state index in [1.54, 1.807) is 16.0 Å². The summed E-state index contributed by atoms with van der Waals surface area (Å²) in [7, 11) is 0. The zero-order valence-corrected chi connectivity index (χ0v) is 18.5. The number of carbonyl (C=O) groups excluding carboxylic acids is 1. The van der Waals surface area contributed by atoms with Gasteiger partial charge in [0.1, 0.15) is 18.2 Å². The fourth-order valence-corrected chi connectivity index (χ4v) is 5.08. The van der Waals surface area contributed by atoms with Crippen molar-refractivity contribution in [1.29, 1.82) is 0 Å². The SMILES string of the molecule is O=C1C[C@H](c2ccc(OCc3ccccc3)cc2)c2cnn(-c3nc4ccccc4s3)c2N1. The maximum Gasteiger partial charge on any atom is 0.226 e. The zero-order chi connectivity index (χ0) is 22.2. The van der Waals surface area contributed by atoms with Crippen molar-refractivity contribution < 1.29 is 9.53 Å². The number of para-hydroxylation sites is 1. The van der Waals surface area contributed by atoms with Crippen molar-refractivity contribution in [3.63, 3.8) is 0 Å². The number of fused-ring (bicyclic) bond motifs is 2. The Bertz CT molecular complexity index is 1410. The van der Waals surface area contributed by atoms with Crippen LogP contribution < -0.4 is 10.1 Å². The van der Waals surface area contributed by atoms with Crippen molar-refractivity contribution in [2.45, 2.75) is 18.9 Å². The van der Waals surface area contributed by atoms with E-state index < -0.39 is 0 Å². The van der Waals surface area contributed by atoms with Crippen LogP contribution >= 0.6 is 11.3 Å². The van der Waals surface area contributed by atoms with Gasteiger partial charge < -0.3 is 10.1 Å². The van der Waals surface area contributed by atoms with Gasteiger partial charge in [-0.25, -0.2) is 4.98 Å². The lowest BCUT2D eigenvalue weighted by Gasteiger charge is -2.23. The zero-order valence-electron chi connectivity index (χ0n) is 17.6. The third-order valence-corrected chi connectivity index (χ3v) is 6.83. The first-order valence-corrected chi connectivity index (χ1v) is 11.6. The predicted octanol–water partition coefficient (Wildman–Crippen LogP) is 5.54. The van der Waals surface area contributed by atoms with Crippen molar-refractivity contribution in [1.82, 2.24) is 14.8 Å². The Morgan fingerprint density at radius 3 is 2.61 bits per heavy atom. The van der Waals surface area contributed by atoms with Crippen molar-refractivity contribution in [3.05, 3.63) is 102 Å². The molecular weight excluding hydrogens is 432 g/mol. The van der Waals surface area contributed by atoms with Gasteiger partial charge in [0, 0.05) is 17.9 Å². The van der Waals surface area contributed by atoms with Crippen molar-refractivity contribution in [2.24, 2.45) is 0 Å². The van der Waals surface area contributed by atoms with Gasteiger partial charge in [-0.05, 0) is 35.4 Å². The second-order valence-corrected chi connectivity index (χ2v) is 8.98. The van der Waals surface area contributed by atoms with Gasteiger partial charge in [-0.2, -0.15) is 9.78 Å². The van der Waals surface area contributed by atoms with Gasteiger partial charge in [-0.1, -0.05) is 65.9 Å². The monoisotopic (exact) mass is 452 g/mol. The van der Waals surface area contributed by atoms with Gasteiger partial charge in [-0.15, -0.1) is 0 Å². The maximum atomic E-state index is 12.6. The molecule has 0 saturated heterocycles. The van der Waals surface area contributed by atoms with E-state index in [-0.39, 0.29) is 11.8 Å². The Morgan fingerprint density at radius 2 is 1.79 bits per heavy atom. The second kappa shape index (κ2) is 8.18. The van der Waals surface area contributed by atoms with Crippen LogP contribution in [0.15, 0.2) is 85.1 Å². The molecule has 162 valence electrons. The first-order chi connectivity index (χ1) is 16.2. The number of carbonyl (C=O) groups is 1. The molecule has 0 fully saturated rings. The number of nitrogens with zero attached hydrogens (tertiary/aromatic N) is 3. The molecule has 7 heteroatoms. The summed E-state index contributed by atoms with van der Waals surface area (Å²) in [5.41, 5.74) is 4.10. The van der Waals surface area contributed by atoms with Crippen molar-refractivity contribution >= 4 is 33.3 Å². The van der Waals surface area contributed by atoms with Crippen LogP contribution in [0.2, 0.25) is 0 Å². The highest BCUT2D eigenvalue weighted by Crippen LogP contribution is 2.39. The molecule has 3 heterocycles. The van der Waals surface area contributed by atoms with Crippen LogP contribution in [0, 0.1) is 0 Å². The molecule has 6 rings (SSSR count). The molecule has 33 heavy (non-hydrogen) atoms. The van der Waals surface area contributed by atoms with Crippen LogP contribution in [0.1, 0.15) is 29.0 Å². The van der Waals surface area contributed by atoms with E-state index in [2.05, 4.69) is 10.4 Å². The Kier molecular flexibility index (Phi) is 4.88. The third-order valence-electron chi connectivity index (χ3n) is 5.81. The Labute approximate surface area is 194 Å². The Hall–Kier alpha value is -3.97. The number of amides is 1. The summed E-state index contributed by atoms with van der Waals surface area (Å²) < 4.78 is 8.74.